The molecule has 2 aromatic heterocycles. The Balaban J connectivity index is 1.70. The molecule has 0 aromatic carbocycles. The largest absolute Gasteiger partial charge is 0.378 e. The molecule has 3 N–H and O–H groups in total. The maximum absolute atomic E-state index is 11.4. The Bertz CT molecular complexity index is 777. The van der Waals surface area contributed by atoms with Crippen LogP contribution in [0, 0.1) is 0 Å². The van der Waals surface area contributed by atoms with Crippen LogP contribution < -0.4 is 16.0 Å². The van der Waals surface area contributed by atoms with Crippen LogP contribution in [0.25, 0.3) is 0 Å². The maximum Gasteiger partial charge on any atom is 0.247 e. The van der Waals surface area contributed by atoms with Crippen LogP contribution in [0.5, 0.6) is 0 Å². The molecule has 1 aliphatic rings. The molecule has 0 aliphatic heterocycles. The number of anilines is 3. The third-order valence-corrected chi connectivity index (χ3v) is 4.22. The van der Waals surface area contributed by atoms with Crippen LogP contribution in [-0.2, 0) is 11.3 Å². The number of hydrogen-bond acceptors (Lipinski definition) is 7. The van der Waals surface area contributed by atoms with Crippen molar-refractivity contribution in [3.63, 3.8) is 0 Å². The van der Waals surface area contributed by atoms with Gasteiger partial charge in [0.25, 0.3) is 0 Å². The van der Waals surface area contributed by atoms with Crippen molar-refractivity contribution in [2.45, 2.75) is 30.5 Å². The molecular formula is C17H20N6OS. The quantitative estimate of drug-likeness (QED) is 0.495. The van der Waals surface area contributed by atoms with E-state index in [4.69, 9.17) is 0 Å². The third-order valence-electron chi connectivity index (χ3n) is 3.60. The number of thioether (sulfide) groups is 1. The molecule has 0 atom stereocenters. The molecule has 0 spiro atoms. The number of rotatable bonds is 8. The highest BCUT2D eigenvalue weighted by Crippen LogP contribution is 2.26. The number of pyridine rings is 1. The molecule has 2 heterocycles. The van der Waals surface area contributed by atoms with Crippen LogP contribution in [0.4, 0.5) is 17.2 Å². The van der Waals surface area contributed by atoms with Crippen LogP contribution in [0.1, 0.15) is 18.5 Å². The lowest BCUT2D eigenvalue weighted by Gasteiger charge is -2.12. The first kappa shape index (κ1) is 17.2. The summed E-state index contributed by atoms with van der Waals surface area (Å²) in [7, 11) is 0. The van der Waals surface area contributed by atoms with E-state index in [1.165, 1.54) is 18.9 Å². The van der Waals surface area contributed by atoms with Crippen molar-refractivity contribution in [2.24, 2.45) is 0 Å². The van der Waals surface area contributed by atoms with Gasteiger partial charge in [-0.3, -0.25) is 9.78 Å². The molecule has 2 aromatic rings. The molecule has 0 unspecified atom stereocenters. The van der Waals surface area contributed by atoms with Gasteiger partial charge in [-0.2, -0.15) is 0 Å². The topological polar surface area (TPSA) is 91.8 Å². The van der Waals surface area contributed by atoms with E-state index in [2.05, 4.69) is 37.5 Å². The lowest BCUT2D eigenvalue weighted by molar-refractivity contribution is -0.111. The number of nitrogens with zero attached hydrogens (tertiary/aromatic N) is 3. The summed E-state index contributed by atoms with van der Waals surface area (Å²) in [6, 6.07) is 2.32. The number of aromatic nitrogens is 3. The van der Waals surface area contributed by atoms with E-state index in [0.29, 0.717) is 18.3 Å². The first-order valence-electron chi connectivity index (χ1n) is 7.96. The van der Waals surface area contributed by atoms with E-state index in [-0.39, 0.29) is 5.91 Å². The standard InChI is InChI=1S/C17H20N6OS/c1-3-15(24)21-13-6-12(7-18-8-13)19-9-14-17(22-11-4-5-11)20-10-16(23-14)25-2/h3,6-8,10-11,19H,1,4-5,9H2,2H3,(H,20,22)(H,21,24). The highest BCUT2D eigenvalue weighted by atomic mass is 32.2. The Morgan fingerprint density at radius 1 is 1.36 bits per heavy atom. The highest BCUT2D eigenvalue weighted by Gasteiger charge is 2.23. The molecule has 130 valence electrons. The number of amides is 1. The summed E-state index contributed by atoms with van der Waals surface area (Å²) in [6.07, 6.45) is 10.6. The van der Waals surface area contributed by atoms with Crippen molar-refractivity contribution < 1.29 is 4.79 Å². The maximum atomic E-state index is 11.4. The molecule has 25 heavy (non-hydrogen) atoms. The number of carbonyl (C=O) groups excluding carboxylic acids is 1. The summed E-state index contributed by atoms with van der Waals surface area (Å²) in [5.74, 6) is 0.547. The minimum absolute atomic E-state index is 0.270. The van der Waals surface area contributed by atoms with E-state index >= 15 is 0 Å². The van der Waals surface area contributed by atoms with Gasteiger partial charge in [-0.15, -0.1) is 11.8 Å². The third kappa shape index (κ3) is 4.93. The van der Waals surface area contributed by atoms with Gasteiger partial charge < -0.3 is 16.0 Å². The average Bonchev–Trinajstić information content (AvgIpc) is 3.45. The number of carbonyl (C=O) groups is 1. The lowest BCUT2D eigenvalue weighted by Crippen LogP contribution is -2.12. The minimum atomic E-state index is -0.270. The van der Waals surface area contributed by atoms with E-state index in [1.54, 1.807) is 30.4 Å². The molecule has 1 fully saturated rings. The second-order valence-corrected chi connectivity index (χ2v) is 6.46. The Labute approximate surface area is 150 Å². The lowest BCUT2D eigenvalue weighted by atomic mass is 10.3. The van der Waals surface area contributed by atoms with Crippen molar-refractivity contribution >= 4 is 34.9 Å². The monoisotopic (exact) mass is 356 g/mol. The molecule has 1 aliphatic carbocycles. The van der Waals surface area contributed by atoms with Gasteiger partial charge >= 0.3 is 0 Å². The van der Waals surface area contributed by atoms with E-state index in [0.717, 1.165) is 22.2 Å². The summed E-state index contributed by atoms with van der Waals surface area (Å²) < 4.78 is 0. The SMILES string of the molecule is C=CC(=O)Nc1cncc(NCc2nc(SC)cnc2NC2CC2)c1. The van der Waals surface area contributed by atoms with Crippen molar-refractivity contribution in [1.82, 2.24) is 15.0 Å². The van der Waals surface area contributed by atoms with Crippen molar-refractivity contribution in [3.8, 4) is 0 Å². The predicted octanol–water partition coefficient (Wildman–Crippen LogP) is 2.90. The first-order chi connectivity index (χ1) is 12.2. The summed E-state index contributed by atoms with van der Waals surface area (Å²) in [5, 5.41) is 10.3. The van der Waals surface area contributed by atoms with Crippen LogP contribution in [0.15, 0.2) is 42.3 Å². The Kier molecular flexibility index (Phi) is 5.49. The Morgan fingerprint density at radius 2 is 2.16 bits per heavy atom. The Morgan fingerprint density at radius 3 is 2.88 bits per heavy atom. The smallest absolute Gasteiger partial charge is 0.247 e. The minimum Gasteiger partial charge on any atom is -0.378 e. The second-order valence-electron chi connectivity index (χ2n) is 5.64. The van der Waals surface area contributed by atoms with Crippen molar-refractivity contribution in [3.05, 3.63) is 43.0 Å². The zero-order valence-electron chi connectivity index (χ0n) is 14.0. The first-order valence-corrected chi connectivity index (χ1v) is 9.19. The fourth-order valence-corrected chi connectivity index (χ4v) is 2.52. The average molecular weight is 356 g/mol. The van der Waals surface area contributed by atoms with Gasteiger partial charge in [0.15, 0.2) is 0 Å². The van der Waals surface area contributed by atoms with Gasteiger partial charge in [0.05, 0.1) is 36.5 Å². The summed E-state index contributed by atoms with van der Waals surface area (Å²) in [4.78, 5) is 24.7. The highest BCUT2D eigenvalue weighted by molar-refractivity contribution is 7.98. The van der Waals surface area contributed by atoms with Gasteiger partial charge in [-0.1, -0.05) is 6.58 Å². The van der Waals surface area contributed by atoms with Crippen molar-refractivity contribution in [2.75, 3.05) is 22.2 Å². The van der Waals surface area contributed by atoms with E-state index in [1.807, 2.05) is 12.3 Å². The number of nitrogens with one attached hydrogen (secondary N) is 3. The molecule has 7 nitrogen and oxygen atoms in total. The normalized spacial score (nSPS) is 13.2. The molecular weight excluding hydrogens is 336 g/mol. The number of hydrogen-bond donors (Lipinski definition) is 3. The van der Waals surface area contributed by atoms with Gasteiger partial charge in [-0.05, 0) is 31.2 Å². The van der Waals surface area contributed by atoms with Gasteiger partial charge in [-0.25, -0.2) is 9.97 Å². The molecule has 0 bridgehead atoms. The summed E-state index contributed by atoms with van der Waals surface area (Å²) >= 11 is 1.56. The van der Waals surface area contributed by atoms with Gasteiger partial charge in [0.1, 0.15) is 16.5 Å². The molecule has 1 saturated carbocycles. The molecule has 8 heteroatoms. The molecule has 0 radical (unpaired) electrons. The molecule has 3 rings (SSSR count). The summed E-state index contributed by atoms with van der Waals surface area (Å²) in [6.45, 7) is 3.95. The zero-order chi connectivity index (χ0) is 17.6. The molecule has 0 saturated heterocycles. The fraction of sp³-hybridized carbons (Fsp3) is 0.294. The Hall–Kier alpha value is -2.61. The summed E-state index contributed by atoms with van der Waals surface area (Å²) in [5.41, 5.74) is 2.25. The van der Waals surface area contributed by atoms with Crippen LogP contribution >= 0.6 is 11.8 Å². The van der Waals surface area contributed by atoms with Gasteiger partial charge in [0.2, 0.25) is 5.91 Å². The van der Waals surface area contributed by atoms with Crippen LogP contribution in [0.2, 0.25) is 0 Å². The van der Waals surface area contributed by atoms with Crippen molar-refractivity contribution in [1.29, 1.82) is 0 Å². The fourth-order valence-electron chi connectivity index (χ4n) is 2.16. The zero-order valence-corrected chi connectivity index (χ0v) is 14.8. The van der Waals surface area contributed by atoms with E-state index < -0.39 is 0 Å². The molecule has 1 amide bonds. The predicted molar refractivity (Wildman–Crippen MR) is 101 cm³/mol. The second kappa shape index (κ2) is 7.98. The van der Waals surface area contributed by atoms with Crippen LogP contribution in [-0.4, -0.2) is 33.2 Å². The van der Waals surface area contributed by atoms with Crippen LogP contribution in [0.3, 0.4) is 0 Å². The van der Waals surface area contributed by atoms with Gasteiger partial charge in [0, 0.05) is 6.04 Å². The van der Waals surface area contributed by atoms with E-state index in [9.17, 15) is 4.79 Å².